The van der Waals surface area contributed by atoms with Crippen molar-refractivity contribution in [3.8, 4) is 0 Å². The van der Waals surface area contributed by atoms with Crippen LogP contribution in [0.25, 0.3) is 0 Å². The second-order valence-electron chi connectivity index (χ2n) is 9.43. The average molecular weight is 433 g/mol. The monoisotopic (exact) mass is 432 g/mol. The Morgan fingerprint density at radius 1 is 1.09 bits per heavy atom. The fourth-order valence-corrected chi connectivity index (χ4v) is 4.74. The van der Waals surface area contributed by atoms with Gasteiger partial charge in [0.2, 0.25) is 0 Å². The summed E-state index contributed by atoms with van der Waals surface area (Å²) in [6.07, 6.45) is 0.923. The molecule has 3 aromatic rings. The first-order chi connectivity index (χ1) is 15.3. The summed E-state index contributed by atoms with van der Waals surface area (Å²) in [5.41, 5.74) is 9.84. The first-order valence-electron chi connectivity index (χ1n) is 11.7. The summed E-state index contributed by atoms with van der Waals surface area (Å²) in [6, 6.07) is 13.4. The second-order valence-corrected chi connectivity index (χ2v) is 9.43. The zero-order valence-electron chi connectivity index (χ0n) is 20.4. The van der Waals surface area contributed by atoms with E-state index in [2.05, 4.69) is 87.5 Å². The number of aryl methyl sites for hydroxylation is 3. The molecule has 5 nitrogen and oxygen atoms in total. The zero-order chi connectivity index (χ0) is 22.8. The smallest absolute Gasteiger partial charge is 0.112 e. The Kier molecular flexibility index (Phi) is 6.77. The van der Waals surface area contributed by atoms with Crippen LogP contribution in [0.4, 0.5) is 0 Å². The van der Waals surface area contributed by atoms with Crippen LogP contribution in [-0.2, 0) is 17.7 Å². The number of morpholine rings is 1. The van der Waals surface area contributed by atoms with Crippen molar-refractivity contribution in [3.05, 3.63) is 81.4 Å². The predicted octanol–water partition coefficient (Wildman–Crippen LogP) is 5.26. The Bertz CT molecular complexity index is 1090. The van der Waals surface area contributed by atoms with Crippen LogP contribution in [0.1, 0.15) is 71.0 Å². The Balaban J connectivity index is 1.51. The third kappa shape index (κ3) is 4.94. The van der Waals surface area contributed by atoms with Gasteiger partial charge in [0.1, 0.15) is 6.10 Å². The molecule has 170 valence electrons. The molecule has 0 bridgehead atoms. The van der Waals surface area contributed by atoms with E-state index in [1.165, 1.54) is 27.9 Å². The van der Waals surface area contributed by atoms with E-state index in [4.69, 9.17) is 14.8 Å². The van der Waals surface area contributed by atoms with Gasteiger partial charge in [0, 0.05) is 42.6 Å². The molecule has 1 aliphatic heterocycles. The van der Waals surface area contributed by atoms with Crippen molar-refractivity contribution in [2.75, 3.05) is 19.7 Å². The van der Waals surface area contributed by atoms with Crippen LogP contribution < -0.4 is 0 Å². The number of hydrogen-bond donors (Lipinski definition) is 0. The summed E-state index contributed by atoms with van der Waals surface area (Å²) in [5.74, 6) is 0. The molecule has 3 heterocycles. The first kappa shape index (κ1) is 22.7. The molecular formula is C27H36N4O. The van der Waals surface area contributed by atoms with Crippen molar-refractivity contribution in [1.29, 1.82) is 0 Å². The van der Waals surface area contributed by atoms with Gasteiger partial charge >= 0.3 is 0 Å². The highest BCUT2D eigenvalue weighted by atomic mass is 16.5. The van der Waals surface area contributed by atoms with Gasteiger partial charge in [-0.25, -0.2) is 0 Å². The van der Waals surface area contributed by atoms with Crippen LogP contribution in [0.3, 0.4) is 0 Å². The van der Waals surface area contributed by atoms with Gasteiger partial charge in [-0.15, -0.1) is 0 Å². The van der Waals surface area contributed by atoms with Crippen molar-refractivity contribution in [1.82, 2.24) is 19.7 Å². The summed E-state index contributed by atoms with van der Waals surface area (Å²) in [4.78, 5) is 7.34. The van der Waals surface area contributed by atoms with E-state index in [-0.39, 0.29) is 6.10 Å². The minimum absolute atomic E-state index is 0.0000243. The molecule has 0 amide bonds. The van der Waals surface area contributed by atoms with E-state index in [0.717, 1.165) is 49.7 Å². The van der Waals surface area contributed by atoms with E-state index >= 15 is 0 Å². The standard InChI is InChI=1S/C27H36N4O/c1-18(2)31-22(6)25(21(5)29-31)16-30-11-12-32-27(17-30)26-15-23(13-20(4)28-26)14-24-10-8-7-9-19(24)3/h7-10,13,15,18,27H,11-12,14,16-17H2,1-6H3/t27-/m0/s1. The molecule has 2 aromatic heterocycles. The summed E-state index contributed by atoms with van der Waals surface area (Å²) in [5, 5.41) is 4.77. The van der Waals surface area contributed by atoms with Crippen molar-refractivity contribution in [2.45, 2.75) is 66.7 Å². The molecule has 32 heavy (non-hydrogen) atoms. The maximum absolute atomic E-state index is 6.19. The second kappa shape index (κ2) is 9.55. The van der Waals surface area contributed by atoms with Crippen molar-refractivity contribution >= 4 is 0 Å². The number of ether oxygens (including phenoxy) is 1. The van der Waals surface area contributed by atoms with E-state index in [1.807, 2.05) is 0 Å². The highest BCUT2D eigenvalue weighted by Crippen LogP contribution is 2.26. The topological polar surface area (TPSA) is 43.2 Å². The molecule has 4 rings (SSSR count). The summed E-state index contributed by atoms with van der Waals surface area (Å²) in [6.45, 7) is 16.4. The summed E-state index contributed by atoms with van der Waals surface area (Å²) in [7, 11) is 0. The Labute approximate surface area is 192 Å². The van der Waals surface area contributed by atoms with E-state index in [0.29, 0.717) is 6.04 Å². The zero-order valence-corrected chi connectivity index (χ0v) is 20.4. The maximum Gasteiger partial charge on any atom is 0.112 e. The number of benzene rings is 1. The van der Waals surface area contributed by atoms with Gasteiger partial charge in [0.05, 0.1) is 18.0 Å². The van der Waals surface area contributed by atoms with Crippen LogP contribution in [0, 0.1) is 27.7 Å². The lowest BCUT2D eigenvalue weighted by Gasteiger charge is -2.33. The van der Waals surface area contributed by atoms with E-state index < -0.39 is 0 Å². The van der Waals surface area contributed by atoms with Gasteiger partial charge in [-0.1, -0.05) is 24.3 Å². The lowest BCUT2D eigenvalue weighted by atomic mass is 9.99. The third-order valence-electron chi connectivity index (χ3n) is 6.52. The molecule has 1 aliphatic rings. The maximum atomic E-state index is 6.19. The van der Waals surface area contributed by atoms with Gasteiger partial charge in [0.25, 0.3) is 0 Å². The van der Waals surface area contributed by atoms with E-state index in [1.54, 1.807) is 0 Å². The highest BCUT2D eigenvalue weighted by Gasteiger charge is 2.25. The van der Waals surface area contributed by atoms with Crippen molar-refractivity contribution in [2.24, 2.45) is 0 Å². The molecule has 0 radical (unpaired) electrons. The largest absolute Gasteiger partial charge is 0.369 e. The lowest BCUT2D eigenvalue weighted by molar-refractivity contribution is -0.0352. The SMILES string of the molecule is Cc1cc(Cc2ccccc2C)cc([C@@H]2CN(Cc3c(C)nn(C(C)C)c3C)CCO2)n1. The van der Waals surface area contributed by atoms with Crippen LogP contribution in [0.2, 0.25) is 0 Å². The van der Waals surface area contributed by atoms with Gasteiger partial charge in [0.15, 0.2) is 0 Å². The van der Waals surface area contributed by atoms with E-state index in [9.17, 15) is 0 Å². The molecule has 0 unspecified atom stereocenters. The van der Waals surface area contributed by atoms with Crippen molar-refractivity contribution in [3.63, 3.8) is 0 Å². The predicted molar refractivity (Wildman–Crippen MR) is 129 cm³/mol. The molecule has 1 fully saturated rings. The molecule has 1 aromatic carbocycles. The average Bonchev–Trinajstić information content (AvgIpc) is 3.04. The summed E-state index contributed by atoms with van der Waals surface area (Å²) >= 11 is 0. The molecule has 5 heteroatoms. The van der Waals surface area contributed by atoms with Gasteiger partial charge in [-0.2, -0.15) is 5.10 Å². The Hall–Kier alpha value is -2.50. The lowest BCUT2D eigenvalue weighted by Crippen LogP contribution is -2.38. The number of nitrogens with zero attached hydrogens (tertiary/aromatic N) is 4. The van der Waals surface area contributed by atoms with Crippen LogP contribution in [-0.4, -0.2) is 39.4 Å². The number of hydrogen-bond acceptors (Lipinski definition) is 4. The fourth-order valence-electron chi connectivity index (χ4n) is 4.74. The number of rotatable bonds is 6. The first-order valence-corrected chi connectivity index (χ1v) is 11.7. The molecule has 1 saturated heterocycles. The quantitative estimate of drug-likeness (QED) is 0.533. The van der Waals surface area contributed by atoms with Gasteiger partial charge < -0.3 is 4.74 Å². The Morgan fingerprint density at radius 2 is 1.88 bits per heavy atom. The number of aromatic nitrogens is 3. The highest BCUT2D eigenvalue weighted by molar-refractivity contribution is 5.33. The minimum atomic E-state index is 0.0000243. The van der Waals surface area contributed by atoms with Crippen molar-refractivity contribution < 1.29 is 4.74 Å². The normalized spacial score (nSPS) is 17.3. The molecule has 0 spiro atoms. The third-order valence-corrected chi connectivity index (χ3v) is 6.52. The van der Waals surface area contributed by atoms with Gasteiger partial charge in [-0.3, -0.25) is 14.6 Å². The fraction of sp³-hybridized carbons (Fsp3) is 0.481. The number of pyridine rings is 1. The molecule has 0 saturated carbocycles. The van der Waals surface area contributed by atoms with Crippen LogP contribution >= 0.6 is 0 Å². The van der Waals surface area contributed by atoms with Crippen LogP contribution in [0.15, 0.2) is 36.4 Å². The molecule has 1 atom stereocenters. The Morgan fingerprint density at radius 3 is 2.59 bits per heavy atom. The van der Waals surface area contributed by atoms with Crippen LogP contribution in [0.5, 0.6) is 0 Å². The van der Waals surface area contributed by atoms with Gasteiger partial charge in [-0.05, 0) is 76.8 Å². The molecule has 0 N–H and O–H groups in total. The minimum Gasteiger partial charge on any atom is -0.369 e. The molecule has 0 aliphatic carbocycles. The molecular weight excluding hydrogens is 396 g/mol. The summed E-state index contributed by atoms with van der Waals surface area (Å²) < 4.78 is 8.34.